The average Bonchev–Trinajstić information content (AvgIpc) is 2.82. The van der Waals surface area contributed by atoms with Gasteiger partial charge in [-0.05, 0) is 18.4 Å². The molecule has 0 amide bonds. The molecule has 1 rings (SSSR count). The van der Waals surface area contributed by atoms with E-state index in [1.807, 2.05) is 24.5 Å². The molecule has 88 valence electrons. The topological polar surface area (TPSA) is 18.5 Å². The van der Waals surface area contributed by atoms with Crippen LogP contribution in [0.2, 0.25) is 0 Å². The van der Waals surface area contributed by atoms with E-state index in [2.05, 4.69) is 6.58 Å². The first kappa shape index (κ1) is 13.6. The first-order valence-electron chi connectivity index (χ1n) is 4.98. The van der Waals surface area contributed by atoms with Crippen LogP contribution in [0.25, 0.3) is 0 Å². The Morgan fingerprint density at radius 3 is 2.69 bits per heavy atom. The average molecular weight is 259 g/mol. The van der Waals surface area contributed by atoms with E-state index in [-0.39, 0.29) is 6.29 Å². The number of ether oxygens (including phenoxy) is 2. The Kier molecular flexibility index (Phi) is 6.57. The van der Waals surface area contributed by atoms with Crippen LogP contribution in [0.3, 0.4) is 0 Å². The molecule has 0 atom stereocenters. The van der Waals surface area contributed by atoms with E-state index < -0.39 is 0 Å². The fraction of sp³-hybridized carbons (Fsp3) is 0.333. The molecule has 0 unspecified atom stereocenters. The molecule has 0 aromatic rings. The van der Waals surface area contributed by atoms with Gasteiger partial charge in [-0.3, -0.25) is 0 Å². The van der Waals surface area contributed by atoms with E-state index in [1.165, 1.54) is 0 Å². The molecule has 1 fully saturated rings. The number of hydrogen-bond acceptors (Lipinski definition) is 3. The van der Waals surface area contributed by atoms with Crippen LogP contribution in [-0.4, -0.2) is 19.5 Å². The Labute approximate surface area is 106 Å². The Balaban J connectivity index is 2.43. The predicted octanol–water partition coefficient (Wildman–Crippen LogP) is 3.82. The Morgan fingerprint density at radius 1 is 1.44 bits per heavy atom. The van der Waals surface area contributed by atoms with Gasteiger partial charge in [0.05, 0.1) is 13.2 Å². The molecule has 0 aromatic heterocycles. The first-order chi connectivity index (χ1) is 7.77. The van der Waals surface area contributed by atoms with Gasteiger partial charge in [-0.1, -0.05) is 48.2 Å². The van der Waals surface area contributed by atoms with Crippen LogP contribution < -0.4 is 0 Å². The van der Waals surface area contributed by atoms with Crippen LogP contribution in [0.1, 0.15) is 6.92 Å². The largest absolute Gasteiger partial charge is 0.346 e. The van der Waals surface area contributed by atoms with E-state index >= 15 is 0 Å². The van der Waals surface area contributed by atoms with Crippen molar-refractivity contribution in [2.24, 2.45) is 0 Å². The van der Waals surface area contributed by atoms with Gasteiger partial charge in [0, 0.05) is 9.94 Å². The quantitative estimate of drug-likeness (QED) is 0.699. The van der Waals surface area contributed by atoms with Crippen LogP contribution in [0, 0.1) is 0 Å². The summed E-state index contributed by atoms with van der Waals surface area (Å²) in [4.78, 5) is 1.05. The van der Waals surface area contributed by atoms with Crippen molar-refractivity contribution in [3.8, 4) is 0 Å². The summed E-state index contributed by atoms with van der Waals surface area (Å²) < 4.78 is 10.8. The molecular weight excluding hydrogens is 244 g/mol. The zero-order valence-corrected chi connectivity index (χ0v) is 10.8. The zero-order valence-electron chi connectivity index (χ0n) is 9.19. The third kappa shape index (κ3) is 4.58. The second-order valence-corrected chi connectivity index (χ2v) is 4.38. The van der Waals surface area contributed by atoms with Gasteiger partial charge < -0.3 is 9.47 Å². The van der Waals surface area contributed by atoms with Gasteiger partial charge in [0.25, 0.3) is 0 Å². The van der Waals surface area contributed by atoms with Gasteiger partial charge >= 0.3 is 0 Å². The SMILES string of the molecule is C=C/C(Cl)=C\C=C/S/C(=C\C)C1OCCO1. The summed E-state index contributed by atoms with van der Waals surface area (Å²) in [6.07, 6.45) is 7.02. The minimum atomic E-state index is -0.210. The van der Waals surface area contributed by atoms with Crippen LogP contribution in [0.4, 0.5) is 0 Å². The summed E-state index contributed by atoms with van der Waals surface area (Å²) in [7, 11) is 0. The van der Waals surface area contributed by atoms with Crippen molar-refractivity contribution in [3.63, 3.8) is 0 Å². The van der Waals surface area contributed by atoms with Crippen molar-refractivity contribution in [1.29, 1.82) is 0 Å². The second kappa shape index (κ2) is 7.74. The van der Waals surface area contributed by atoms with E-state index in [0.29, 0.717) is 18.2 Å². The van der Waals surface area contributed by atoms with E-state index in [9.17, 15) is 0 Å². The fourth-order valence-electron chi connectivity index (χ4n) is 1.10. The van der Waals surface area contributed by atoms with E-state index in [0.717, 1.165) is 4.91 Å². The van der Waals surface area contributed by atoms with Crippen molar-refractivity contribution < 1.29 is 9.47 Å². The summed E-state index contributed by atoms with van der Waals surface area (Å²) in [5.41, 5.74) is 0. The summed E-state index contributed by atoms with van der Waals surface area (Å²) in [6.45, 7) is 6.85. The van der Waals surface area contributed by atoms with Gasteiger partial charge in [-0.15, -0.1) is 0 Å². The minimum absolute atomic E-state index is 0.210. The normalized spacial score (nSPS) is 19.6. The number of thioether (sulfide) groups is 1. The van der Waals surface area contributed by atoms with Crippen molar-refractivity contribution >= 4 is 23.4 Å². The molecule has 1 heterocycles. The monoisotopic (exact) mass is 258 g/mol. The summed E-state index contributed by atoms with van der Waals surface area (Å²) in [5, 5.41) is 2.55. The Hall–Kier alpha value is -0.480. The van der Waals surface area contributed by atoms with Gasteiger partial charge in [0.1, 0.15) is 0 Å². The van der Waals surface area contributed by atoms with Gasteiger partial charge in [0.2, 0.25) is 0 Å². The lowest BCUT2D eigenvalue weighted by Crippen LogP contribution is -2.08. The Bertz CT molecular complexity index is 315. The predicted molar refractivity (Wildman–Crippen MR) is 70.3 cm³/mol. The highest BCUT2D eigenvalue weighted by Crippen LogP contribution is 2.26. The highest BCUT2D eigenvalue weighted by Gasteiger charge is 2.19. The minimum Gasteiger partial charge on any atom is -0.346 e. The van der Waals surface area contributed by atoms with Crippen molar-refractivity contribution in [1.82, 2.24) is 0 Å². The number of hydrogen-bond donors (Lipinski definition) is 0. The van der Waals surface area contributed by atoms with Crippen LogP contribution in [0.5, 0.6) is 0 Å². The maximum Gasteiger partial charge on any atom is 0.189 e. The molecule has 1 saturated heterocycles. The lowest BCUT2D eigenvalue weighted by molar-refractivity contribution is -0.00460. The molecule has 0 N–H and O–H groups in total. The van der Waals surface area contributed by atoms with E-state index in [4.69, 9.17) is 21.1 Å². The second-order valence-electron chi connectivity index (χ2n) is 2.97. The standard InChI is InChI=1S/C12H15ClO2S/c1-3-10(13)6-5-9-16-11(4-2)12-14-7-8-15-12/h3-6,9,12H,1,7-8H2,2H3/b9-5-,10-6+,11-4-. The number of rotatable bonds is 5. The molecule has 0 saturated carbocycles. The molecule has 0 radical (unpaired) electrons. The van der Waals surface area contributed by atoms with Crippen molar-refractivity contribution in [2.45, 2.75) is 13.2 Å². The van der Waals surface area contributed by atoms with E-state index in [1.54, 1.807) is 23.9 Å². The lowest BCUT2D eigenvalue weighted by Gasteiger charge is -2.10. The fourth-order valence-corrected chi connectivity index (χ4v) is 1.87. The molecule has 16 heavy (non-hydrogen) atoms. The number of halogens is 1. The molecule has 4 heteroatoms. The zero-order chi connectivity index (χ0) is 11.8. The molecule has 1 aliphatic rings. The Morgan fingerprint density at radius 2 is 2.12 bits per heavy atom. The molecular formula is C12H15ClO2S. The maximum absolute atomic E-state index is 5.76. The van der Waals surface area contributed by atoms with Crippen molar-refractivity contribution in [2.75, 3.05) is 13.2 Å². The van der Waals surface area contributed by atoms with Gasteiger partial charge in [-0.2, -0.15) is 0 Å². The third-order valence-electron chi connectivity index (χ3n) is 1.87. The maximum atomic E-state index is 5.76. The van der Waals surface area contributed by atoms with Crippen LogP contribution >= 0.6 is 23.4 Å². The van der Waals surface area contributed by atoms with Crippen LogP contribution in [-0.2, 0) is 9.47 Å². The highest BCUT2D eigenvalue weighted by atomic mass is 35.5. The lowest BCUT2D eigenvalue weighted by atomic mass is 10.5. The number of allylic oxidation sites excluding steroid dienone is 5. The third-order valence-corrected chi connectivity index (χ3v) is 3.15. The first-order valence-corrected chi connectivity index (χ1v) is 6.24. The smallest absolute Gasteiger partial charge is 0.189 e. The van der Waals surface area contributed by atoms with Crippen molar-refractivity contribution in [3.05, 3.63) is 46.2 Å². The summed E-state index contributed by atoms with van der Waals surface area (Å²) in [6, 6.07) is 0. The van der Waals surface area contributed by atoms with Gasteiger partial charge in [-0.25, -0.2) is 0 Å². The highest BCUT2D eigenvalue weighted by molar-refractivity contribution is 8.05. The summed E-state index contributed by atoms with van der Waals surface area (Å²) >= 11 is 7.32. The molecule has 0 aromatic carbocycles. The molecule has 0 aliphatic carbocycles. The molecule has 0 spiro atoms. The molecule has 2 nitrogen and oxygen atoms in total. The van der Waals surface area contributed by atoms with Gasteiger partial charge in [0.15, 0.2) is 6.29 Å². The molecule has 1 aliphatic heterocycles. The molecule has 0 bridgehead atoms. The van der Waals surface area contributed by atoms with Crippen LogP contribution in [0.15, 0.2) is 46.2 Å². The summed E-state index contributed by atoms with van der Waals surface area (Å²) in [5.74, 6) is 0.